The number of aromatic nitrogens is 2. The lowest BCUT2D eigenvalue weighted by molar-refractivity contribution is 0.118. The predicted molar refractivity (Wildman–Crippen MR) is 136 cm³/mol. The lowest BCUT2D eigenvalue weighted by Gasteiger charge is -2.41. The van der Waals surface area contributed by atoms with Crippen molar-refractivity contribution >= 4 is 52.2 Å². The predicted octanol–water partition coefficient (Wildman–Crippen LogP) is 5.87. The number of rotatable bonds is 4. The van der Waals surface area contributed by atoms with Gasteiger partial charge in [0.1, 0.15) is 28.3 Å². The Hall–Kier alpha value is -1.98. The number of hydrogen-bond donors (Lipinski definition) is 1. The van der Waals surface area contributed by atoms with E-state index in [1.165, 1.54) is 40.8 Å². The SMILES string of the molecule is CC(C#N)(c1cccc(F)c1)N1CCC(Nc2ncnc3sc4c(c23)CCCC4)CC1.Cl.Cl. The van der Waals surface area contributed by atoms with E-state index >= 15 is 0 Å². The highest BCUT2D eigenvalue weighted by molar-refractivity contribution is 7.19. The van der Waals surface area contributed by atoms with Crippen molar-refractivity contribution in [2.45, 2.75) is 57.0 Å². The van der Waals surface area contributed by atoms with Crippen LogP contribution in [0.1, 0.15) is 48.6 Å². The van der Waals surface area contributed by atoms with Crippen LogP contribution in [-0.2, 0) is 18.4 Å². The minimum absolute atomic E-state index is 0. The zero-order chi connectivity index (χ0) is 21.4. The minimum atomic E-state index is -0.832. The number of nitrogens with one attached hydrogen (secondary N) is 1. The van der Waals surface area contributed by atoms with Crippen LogP contribution in [0.2, 0.25) is 0 Å². The topological polar surface area (TPSA) is 64.8 Å². The number of aryl methyl sites for hydroxylation is 2. The van der Waals surface area contributed by atoms with Gasteiger partial charge in [0, 0.05) is 24.0 Å². The lowest BCUT2D eigenvalue weighted by atomic mass is 9.88. The van der Waals surface area contributed by atoms with Crippen LogP contribution in [0.5, 0.6) is 0 Å². The Balaban J connectivity index is 0.00000153. The molecule has 0 bridgehead atoms. The molecule has 1 unspecified atom stereocenters. The first kappa shape index (κ1) is 25.6. The third-order valence-corrected chi connectivity index (χ3v) is 8.02. The molecule has 1 saturated heterocycles. The van der Waals surface area contributed by atoms with Crippen molar-refractivity contribution in [3.8, 4) is 6.07 Å². The van der Waals surface area contributed by atoms with Gasteiger partial charge in [-0.05, 0) is 68.7 Å². The fourth-order valence-corrected chi connectivity index (χ4v) is 6.20. The van der Waals surface area contributed by atoms with Crippen molar-refractivity contribution in [3.63, 3.8) is 0 Å². The summed E-state index contributed by atoms with van der Waals surface area (Å²) in [6.45, 7) is 3.43. The molecule has 0 amide bonds. The smallest absolute Gasteiger partial charge is 0.138 e. The summed E-state index contributed by atoms with van der Waals surface area (Å²) in [7, 11) is 0. The molecule has 1 aromatic carbocycles. The third kappa shape index (κ3) is 4.81. The Bertz CT molecular complexity index is 1160. The van der Waals surface area contributed by atoms with Crippen LogP contribution in [0.3, 0.4) is 0 Å². The van der Waals surface area contributed by atoms with Gasteiger partial charge in [-0.1, -0.05) is 12.1 Å². The Morgan fingerprint density at radius 1 is 1.18 bits per heavy atom. The highest BCUT2D eigenvalue weighted by atomic mass is 35.5. The molecule has 5 rings (SSSR count). The summed E-state index contributed by atoms with van der Waals surface area (Å²) < 4.78 is 13.8. The Labute approximate surface area is 210 Å². The normalized spacial score (nSPS) is 18.3. The fourth-order valence-electron chi connectivity index (χ4n) is 4.97. The van der Waals surface area contributed by atoms with E-state index in [-0.39, 0.29) is 30.6 Å². The molecular formula is C24H28Cl2FN5S. The van der Waals surface area contributed by atoms with Crippen molar-refractivity contribution in [2.75, 3.05) is 18.4 Å². The summed E-state index contributed by atoms with van der Waals surface area (Å²) in [6, 6.07) is 9.14. The highest BCUT2D eigenvalue weighted by Crippen LogP contribution is 2.39. The van der Waals surface area contributed by atoms with Gasteiger partial charge in [-0.3, -0.25) is 4.90 Å². The molecule has 0 spiro atoms. The van der Waals surface area contributed by atoms with E-state index in [9.17, 15) is 9.65 Å². The number of fused-ring (bicyclic) bond motifs is 3. The van der Waals surface area contributed by atoms with Gasteiger partial charge >= 0.3 is 0 Å². The number of likely N-dealkylation sites (tertiary alicyclic amines) is 1. The average molecular weight is 508 g/mol. The third-order valence-electron chi connectivity index (χ3n) is 6.82. The van der Waals surface area contributed by atoms with Crippen LogP contribution >= 0.6 is 36.2 Å². The molecule has 1 aliphatic heterocycles. The summed E-state index contributed by atoms with van der Waals surface area (Å²) in [5.74, 6) is 0.651. The standard InChI is InChI=1S/C24H26FN5S.2ClH/c1-24(14-26,16-5-4-6-17(25)13-16)30-11-9-18(10-12-30)29-22-21-19-7-2-3-8-20(19)31-23(21)28-15-27-22;;/h4-6,13,15,18H,2-3,7-12H2,1H3,(H,27,28,29);2*1H. The number of hydrogen-bond acceptors (Lipinski definition) is 6. The summed E-state index contributed by atoms with van der Waals surface area (Å²) in [5.41, 5.74) is 1.32. The van der Waals surface area contributed by atoms with E-state index in [0.29, 0.717) is 11.6 Å². The molecule has 1 fully saturated rings. The second-order valence-corrected chi connectivity index (χ2v) is 9.80. The molecule has 176 valence electrons. The van der Waals surface area contributed by atoms with Gasteiger partial charge in [0.2, 0.25) is 0 Å². The lowest BCUT2D eigenvalue weighted by Crippen LogP contribution is -2.49. The number of piperidine rings is 1. The van der Waals surface area contributed by atoms with Crippen LogP contribution in [0, 0.1) is 17.1 Å². The van der Waals surface area contributed by atoms with E-state index in [4.69, 9.17) is 0 Å². The second-order valence-electron chi connectivity index (χ2n) is 8.71. The van der Waals surface area contributed by atoms with Gasteiger partial charge in [0.15, 0.2) is 0 Å². The van der Waals surface area contributed by atoms with Crippen LogP contribution in [0.25, 0.3) is 10.2 Å². The van der Waals surface area contributed by atoms with Gasteiger partial charge < -0.3 is 5.32 Å². The van der Waals surface area contributed by atoms with Crippen LogP contribution in [-0.4, -0.2) is 34.0 Å². The maximum atomic E-state index is 13.8. The van der Waals surface area contributed by atoms with Gasteiger partial charge in [-0.25, -0.2) is 14.4 Å². The molecule has 1 atom stereocenters. The number of benzene rings is 1. The number of nitriles is 1. The zero-order valence-corrected chi connectivity index (χ0v) is 21.0. The molecular weight excluding hydrogens is 480 g/mol. The van der Waals surface area contributed by atoms with Crippen molar-refractivity contribution in [1.82, 2.24) is 14.9 Å². The first-order valence-corrected chi connectivity index (χ1v) is 11.8. The van der Waals surface area contributed by atoms with E-state index < -0.39 is 5.54 Å². The monoisotopic (exact) mass is 507 g/mol. The molecule has 9 heteroatoms. The summed E-state index contributed by atoms with van der Waals surface area (Å²) in [5, 5.41) is 14.8. The number of thiophene rings is 1. The van der Waals surface area contributed by atoms with Crippen molar-refractivity contribution in [3.05, 3.63) is 52.4 Å². The minimum Gasteiger partial charge on any atom is -0.367 e. The van der Waals surface area contributed by atoms with E-state index in [1.807, 2.05) is 24.3 Å². The van der Waals surface area contributed by atoms with Crippen LogP contribution < -0.4 is 5.32 Å². The molecule has 2 aromatic heterocycles. The van der Waals surface area contributed by atoms with Gasteiger partial charge in [0.25, 0.3) is 0 Å². The molecule has 1 N–H and O–H groups in total. The number of halogens is 3. The fraction of sp³-hybridized carbons (Fsp3) is 0.458. The average Bonchev–Trinajstić information content (AvgIpc) is 3.19. The number of anilines is 1. The molecule has 5 nitrogen and oxygen atoms in total. The summed E-state index contributed by atoms with van der Waals surface area (Å²) in [6.07, 6.45) is 8.24. The van der Waals surface area contributed by atoms with Crippen molar-refractivity contribution in [2.24, 2.45) is 0 Å². The quantitative estimate of drug-likeness (QED) is 0.478. The molecule has 33 heavy (non-hydrogen) atoms. The zero-order valence-electron chi connectivity index (χ0n) is 18.5. The number of nitrogens with zero attached hydrogens (tertiary/aromatic N) is 4. The van der Waals surface area contributed by atoms with Crippen molar-refractivity contribution in [1.29, 1.82) is 5.26 Å². The Kier molecular flexibility index (Phi) is 8.17. The maximum Gasteiger partial charge on any atom is 0.138 e. The van der Waals surface area contributed by atoms with Gasteiger partial charge in [0.05, 0.1) is 11.5 Å². The van der Waals surface area contributed by atoms with Crippen LogP contribution in [0.4, 0.5) is 10.2 Å². The molecule has 0 saturated carbocycles. The molecule has 1 aliphatic carbocycles. The van der Waals surface area contributed by atoms with E-state index in [0.717, 1.165) is 49.4 Å². The highest BCUT2D eigenvalue weighted by Gasteiger charge is 2.37. The maximum absolute atomic E-state index is 13.8. The second kappa shape index (κ2) is 10.5. The van der Waals surface area contributed by atoms with E-state index in [2.05, 4.69) is 26.3 Å². The molecule has 2 aliphatic rings. The van der Waals surface area contributed by atoms with Gasteiger partial charge in [-0.15, -0.1) is 36.2 Å². The first-order valence-electron chi connectivity index (χ1n) is 11.0. The largest absolute Gasteiger partial charge is 0.367 e. The molecule has 3 heterocycles. The van der Waals surface area contributed by atoms with Gasteiger partial charge in [-0.2, -0.15) is 5.26 Å². The summed E-state index contributed by atoms with van der Waals surface area (Å²) in [4.78, 5) is 13.9. The Morgan fingerprint density at radius 3 is 2.67 bits per heavy atom. The first-order chi connectivity index (χ1) is 15.1. The molecule has 0 radical (unpaired) electrons. The van der Waals surface area contributed by atoms with Crippen LogP contribution in [0.15, 0.2) is 30.6 Å². The molecule has 3 aromatic rings. The Morgan fingerprint density at radius 2 is 1.94 bits per heavy atom. The summed E-state index contributed by atoms with van der Waals surface area (Å²) >= 11 is 1.82. The van der Waals surface area contributed by atoms with E-state index in [1.54, 1.807) is 12.4 Å². The van der Waals surface area contributed by atoms with Crippen molar-refractivity contribution < 1.29 is 4.39 Å².